The maximum absolute atomic E-state index is 4.66. The normalized spacial score (nSPS) is 15.1. The first-order chi connectivity index (χ1) is 9.13. The molecule has 0 radical (unpaired) electrons. The summed E-state index contributed by atoms with van der Waals surface area (Å²) in [6.45, 7) is 8.02. The third-order valence-corrected chi connectivity index (χ3v) is 4.58. The molecule has 1 N–H and O–H groups in total. The molecule has 102 valence electrons. The van der Waals surface area contributed by atoms with E-state index in [4.69, 9.17) is 0 Å². The molecule has 0 unspecified atom stereocenters. The molecule has 0 amide bonds. The van der Waals surface area contributed by atoms with Gasteiger partial charge in [0.1, 0.15) is 5.01 Å². The van der Waals surface area contributed by atoms with Crippen molar-refractivity contribution in [2.24, 2.45) is 0 Å². The Bertz CT molecular complexity index is 580. The largest absolute Gasteiger partial charge is 0.310 e. The minimum Gasteiger partial charge on any atom is -0.310 e. The average molecular weight is 276 g/mol. The Hall–Kier alpha value is -1.20. The highest BCUT2D eigenvalue weighted by atomic mass is 32.1. The highest BCUT2D eigenvalue weighted by molar-refractivity contribution is 7.09. The first-order valence-electron chi connectivity index (χ1n) is 6.80. The van der Waals surface area contributed by atoms with E-state index < -0.39 is 0 Å². The smallest absolute Gasteiger partial charge is 0.114 e. The topological polar surface area (TPSA) is 42.7 Å². The van der Waals surface area contributed by atoms with Crippen molar-refractivity contribution in [1.82, 2.24) is 20.1 Å². The lowest BCUT2D eigenvalue weighted by Crippen LogP contribution is -2.16. The molecule has 0 aliphatic heterocycles. The number of aromatic nitrogens is 3. The molecule has 0 saturated heterocycles. The van der Waals surface area contributed by atoms with Gasteiger partial charge in [-0.1, -0.05) is 0 Å². The van der Waals surface area contributed by atoms with E-state index in [-0.39, 0.29) is 0 Å². The summed E-state index contributed by atoms with van der Waals surface area (Å²) in [5.41, 5.74) is 4.84. The zero-order chi connectivity index (χ0) is 13.4. The zero-order valence-corrected chi connectivity index (χ0v) is 12.5. The second-order valence-corrected chi connectivity index (χ2v) is 6.29. The highest BCUT2D eigenvalue weighted by Gasteiger charge is 2.21. The molecule has 5 heteroatoms. The number of hydrogen-bond acceptors (Lipinski definition) is 4. The van der Waals surface area contributed by atoms with Crippen molar-refractivity contribution < 1.29 is 0 Å². The van der Waals surface area contributed by atoms with Crippen LogP contribution in [0.4, 0.5) is 0 Å². The van der Waals surface area contributed by atoms with Crippen molar-refractivity contribution in [2.45, 2.75) is 52.7 Å². The predicted octanol–water partition coefficient (Wildman–Crippen LogP) is 2.57. The summed E-state index contributed by atoms with van der Waals surface area (Å²) in [6.07, 6.45) is 2.65. The molecule has 0 bridgehead atoms. The molecule has 1 saturated carbocycles. The van der Waals surface area contributed by atoms with Gasteiger partial charge in [-0.05, 0) is 33.6 Å². The lowest BCUT2D eigenvalue weighted by molar-refractivity contribution is 0.649. The summed E-state index contributed by atoms with van der Waals surface area (Å²) >= 11 is 1.71. The highest BCUT2D eigenvalue weighted by Crippen LogP contribution is 2.21. The number of aryl methyl sites for hydroxylation is 2. The summed E-state index contributed by atoms with van der Waals surface area (Å²) in [4.78, 5) is 4.51. The Morgan fingerprint density at radius 3 is 2.79 bits per heavy atom. The van der Waals surface area contributed by atoms with Crippen LogP contribution >= 0.6 is 11.3 Å². The van der Waals surface area contributed by atoms with E-state index in [2.05, 4.69) is 39.3 Å². The van der Waals surface area contributed by atoms with Crippen LogP contribution in [0, 0.1) is 20.8 Å². The van der Waals surface area contributed by atoms with Crippen LogP contribution in [0.3, 0.4) is 0 Å². The molecule has 0 atom stereocenters. The van der Waals surface area contributed by atoms with Gasteiger partial charge >= 0.3 is 0 Å². The van der Waals surface area contributed by atoms with Crippen molar-refractivity contribution in [2.75, 3.05) is 0 Å². The molecule has 1 fully saturated rings. The van der Waals surface area contributed by atoms with E-state index in [1.807, 2.05) is 6.92 Å². The Morgan fingerprint density at radius 1 is 1.37 bits per heavy atom. The predicted molar refractivity (Wildman–Crippen MR) is 77.5 cm³/mol. The fourth-order valence-electron chi connectivity index (χ4n) is 2.28. The molecule has 3 rings (SSSR count). The number of thiazole rings is 1. The monoisotopic (exact) mass is 276 g/mol. The third-order valence-electron chi connectivity index (χ3n) is 3.63. The molecule has 1 aliphatic rings. The Balaban J connectivity index is 1.75. The summed E-state index contributed by atoms with van der Waals surface area (Å²) in [7, 11) is 0. The van der Waals surface area contributed by atoms with Gasteiger partial charge in [0.25, 0.3) is 0 Å². The van der Waals surface area contributed by atoms with Crippen molar-refractivity contribution >= 4 is 11.3 Å². The van der Waals surface area contributed by atoms with Gasteiger partial charge in [-0.2, -0.15) is 5.10 Å². The Kier molecular flexibility index (Phi) is 3.41. The molecule has 0 spiro atoms. The van der Waals surface area contributed by atoms with Crippen LogP contribution in [0.15, 0.2) is 5.38 Å². The first-order valence-corrected chi connectivity index (χ1v) is 7.68. The third kappa shape index (κ3) is 2.87. The molecule has 0 aromatic carbocycles. The van der Waals surface area contributed by atoms with Crippen LogP contribution < -0.4 is 5.32 Å². The van der Waals surface area contributed by atoms with Gasteiger partial charge in [0.2, 0.25) is 0 Å². The van der Waals surface area contributed by atoms with Gasteiger partial charge in [0, 0.05) is 34.9 Å². The molecule has 19 heavy (non-hydrogen) atoms. The summed E-state index contributed by atoms with van der Waals surface area (Å²) in [5, 5.41) is 11.4. The fraction of sp³-hybridized carbons (Fsp3) is 0.571. The van der Waals surface area contributed by atoms with Crippen molar-refractivity contribution in [3.63, 3.8) is 0 Å². The van der Waals surface area contributed by atoms with Gasteiger partial charge in [-0.25, -0.2) is 4.98 Å². The van der Waals surface area contributed by atoms with Crippen molar-refractivity contribution in [1.29, 1.82) is 0 Å². The maximum Gasteiger partial charge on any atom is 0.114 e. The molecular formula is C14H20N4S. The average Bonchev–Trinajstić information content (AvgIpc) is 3.05. The fourth-order valence-corrected chi connectivity index (χ4v) is 3.03. The van der Waals surface area contributed by atoms with Crippen molar-refractivity contribution in [3.8, 4) is 0 Å². The second-order valence-electron chi connectivity index (χ2n) is 5.34. The van der Waals surface area contributed by atoms with E-state index in [1.165, 1.54) is 24.1 Å². The molecular weight excluding hydrogens is 256 g/mol. The summed E-state index contributed by atoms with van der Waals surface area (Å²) in [6, 6.07) is 0.740. The van der Waals surface area contributed by atoms with Crippen LogP contribution in [-0.4, -0.2) is 20.8 Å². The lowest BCUT2D eigenvalue weighted by Gasteiger charge is -2.05. The summed E-state index contributed by atoms with van der Waals surface area (Å²) < 4.78 is 2.08. The van der Waals surface area contributed by atoms with Crippen LogP contribution in [0.5, 0.6) is 0 Å². The summed E-state index contributed by atoms with van der Waals surface area (Å²) in [5.74, 6) is 0. The van der Waals surface area contributed by atoms with Crippen LogP contribution in [-0.2, 0) is 13.1 Å². The number of rotatable bonds is 5. The lowest BCUT2D eigenvalue weighted by atomic mass is 10.2. The van der Waals surface area contributed by atoms with Gasteiger partial charge in [0.05, 0.1) is 12.2 Å². The van der Waals surface area contributed by atoms with Crippen LogP contribution in [0.25, 0.3) is 0 Å². The number of hydrogen-bond donors (Lipinski definition) is 1. The second kappa shape index (κ2) is 5.06. The van der Waals surface area contributed by atoms with Crippen LogP contribution in [0.1, 0.15) is 40.5 Å². The number of nitrogens with one attached hydrogen (secondary N) is 1. The van der Waals surface area contributed by atoms with Gasteiger partial charge in [0.15, 0.2) is 0 Å². The minimum absolute atomic E-state index is 0.740. The number of nitrogens with zero attached hydrogens (tertiary/aromatic N) is 3. The Morgan fingerprint density at radius 2 is 2.16 bits per heavy atom. The SMILES string of the molecule is Cc1csc(Cn2nc(C)c(CNC3CC3)c2C)n1. The standard InChI is InChI=1S/C14H20N4S/c1-9-8-19-14(16-9)7-18-11(3)13(10(2)17-18)6-15-12-4-5-12/h8,12,15H,4-7H2,1-3H3. The molecule has 4 nitrogen and oxygen atoms in total. The molecule has 1 aliphatic carbocycles. The molecule has 2 heterocycles. The molecule has 2 aromatic rings. The zero-order valence-electron chi connectivity index (χ0n) is 11.7. The van der Waals surface area contributed by atoms with Gasteiger partial charge < -0.3 is 5.32 Å². The van der Waals surface area contributed by atoms with Crippen molar-refractivity contribution in [3.05, 3.63) is 33.0 Å². The van der Waals surface area contributed by atoms with E-state index in [0.717, 1.165) is 35.5 Å². The minimum atomic E-state index is 0.740. The van der Waals surface area contributed by atoms with E-state index in [1.54, 1.807) is 11.3 Å². The first kappa shape index (κ1) is 12.8. The van der Waals surface area contributed by atoms with E-state index in [9.17, 15) is 0 Å². The molecule has 2 aromatic heterocycles. The van der Waals surface area contributed by atoms with Gasteiger partial charge in [-0.15, -0.1) is 11.3 Å². The van der Waals surface area contributed by atoms with E-state index >= 15 is 0 Å². The Labute approximate surface area is 117 Å². The quantitative estimate of drug-likeness (QED) is 0.912. The van der Waals surface area contributed by atoms with Gasteiger partial charge in [-0.3, -0.25) is 4.68 Å². The van der Waals surface area contributed by atoms with E-state index in [0.29, 0.717) is 0 Å². The maximum atomic E-state index is 4.66. The van der Waals surface area contributed by atoms with Crippen LogP contribution in [0.2, 0.25) is 0 Å².